The number of anilines is 1. The minimum Gasteiger partial charge on any atom is -0.496 e. The molecule has 2 fully saturated rings. The zero-order valence-electron chi connectivity index (χ0n) is 14.7. The van der Waals surface area contributed by atoms with Crippen LogP contribution in [0, 0.1) is 0 Å². The summed E-state index contributed by atoms with van der Waals surface area (Å²) in [6.07, 6.45) is 7.19. The number of hydrogen-bond acceptors (Lipinski definition) is 3. The molecule has 1 saturated carbocycles. The minimum absolute atomic E-state index is 0.0526. The lowest BCUT2D eigenvalue weighted by Crippen LogP contribution is -2.46. The number of rotatable bonds is 5. The standard InChI is InChI=1S/C19H28N2O3/c1-3-14-9-10-15(12-18(14)23-2)20-19(22)21-11-5-8-17(13-21)24-16-6-4-7-16/h9-10,12,16-17H,3-8,11,13H2,1-2H3,(H,20,22)/t17-/m0/s1. The Kier molecular flexibility index (Phi) is 5.61. The Morgan fingerprint density at radius 2 is 2.04 bits per heavy atom. The minimum atomic E-state index is -0.0526. The summed E-state index contributed by atoms with van der Waals surface area (Å²) in [5, 5.41) is 2.99. The van der Waals surface area contributed by atoms with Gasteiger partial charge in [-0.25, -0.2) is 4.79 Å². The quantitative estimate of drug-likeness (QED) is 0.892. The van der Waals surface area contributed by atoms with E-state index in [2.05, 4.69) is 12.2 Å². The number of urea groups is 1. The molecule has 2 amide bonds. The average Bonchev–Trinajstić information content (AvgIpc) is 2.58. The third-order valence-electron chi connectivity index (χ3n) is 5.02. The third kappa shape index (κ3) is 4.01. The third-order valence-corrected chi connectivity index (χ3v) is 5.02. The second kappa shape index (κ2) is 7.88. The van der Waals surface area contributed by atoms with Crippen LogP contribution in [0.3, 0.4) is 0 Å². The molecule has 2 aliphatic rings. The molecule has 1 N–H and O–H groups in total. The molecular weight excluding hydrogens is 304 g/mol. The molecule has 0 spiro atoms. The van der Waals surface area contributed by atoms with Crippen LogP contribution in [0.5, 0.6) is 5.75 Å². The molecule has 1 aromatic rings. The number of hydrogen-bond donors (Lipinski definition) is 1. The number of ether oxygens (including phenoxy) is 2. The summed E-state index contributed by atoms with van der Waals surface area (Å²) in [4.78, 5) is 14.4. The Hall–Kier alpha value is -1.75. The molecule has 132 valence electrons. The number of amides is 2. The lowest BCUT2D eigenvalue weighted by Gasteiger charge is -2.37. The molecule has 1 saturated heterocycles. The van der Waals surface area contributed by atoms with E-state index >= 15 is 0 Å². The fourth-order valence-electron chi connectivity index (χ4n) is 3.33. The van der Waals surface area contributed by atoms with Crippen LogP contribution in [0.1, 0.15) is 44.6 Å². The zero-order chi connectivity index (χ0) is 16.9. The summed E-state index contributed by atoms with van der Waals surface area (Å²) in [6.45, 7) is 3.57. The largest absolute Gasteiger partial charge is 0.496 e. The summed E-state index contributed by atoms with van der Waals surface area (Å²) < 4.78 is 11.5. The number of carbonyl (C=O) groups excluding carboxylic acids is 1. The highest BCUT2D eigenvalue weighted by atomic mass is 16.5. The summed E-state index contributed by atoms with van der Waals surface area (Å²) in [5.74, 6) is 0.820. The second-order valence-electron chi connectivity index (χ2n) is 6.71. The van der Waals surface area contributed by atoms with Crippen LogP contribution in [-0.2, 0) is 11.2 Å². The van der Waals surface area contributed by atoms with Gasteiger partial charge in [0.1, 0.15) is 5.75 Å². The van der Waals surface area contributed by atoms with Gasteiger partial charge in [-0.15, -0.1) is 0 Å². The van der Waals surface area contributed by atoms with Gasteiger partial charge >= 0.3 is 6.03 Å². The molecule has 5 heteroatoms. The van der Waals surface area contributed by atoms with Crippen molar-refractivity contribution >= 4 is 11.7 Å². The van der Waals surface area contributed by atoms with Crippen molar-refractivity contribution in [3.05, 3.63) is 23.8 Å². The van der Waals surface area contributed by atoms with Crippen LogP contribution in [0.4, 0.5) is 10.5 Å². The van der Waals surface area contributed by atoms with Crippen molar-refractivity contribution in [1.29, 1.82) is 0 Å². The zero-order valence-corrected chi connectivity index (χ0v) is 14.7. The molecule has 1 aromatic carbocycles. The smallest absolute Gasteiger partial charge is 0.321 e. The molecule has 0 radical (unpaired) electrons. The van der Waals surface area contributed by atoms with Crippen molar-refractivity contribution in [2.24, 2.45) is 0 Å². The molecule has 1 aliphatic carbocycles. The Bertz CT molecular complexity index is 572. The molecule has 3 rings (SSSR count). The normalized spacial score (nSPS) is 21.2. The number of aryl methyl sites for hydroxylation is 1. The summed E-state index contributed by atoms with van der Waals surface area (Å²) in [6, 6.07) is 5.78. The van der Waals surface area contributed by atoms with Gasteiger partial charge in [-0.3, -0.25) is 0 Å². The number of benzene rings is 1. The van der Waals surface area contributed by atoms with Crippen molar-refractivity contribution in [1.82, 2.24) is 4.90 Å². The van der Waals surface area contributed by atoms with Gasteiger partial charge in [-0.05, 0) is 50.2 Å². The van der Waals surface area contributed by atoms with E-state index < -0.39 is 0 Å². The van der Waals surface area contributed by atoms with Crippen molar-refractivity contribution in [2.45, 2.75) is 57.7 Å². The Balaban J connectivity index is 1.57. The van der Waals surface area contributed by atoms with E-state index in [-0.39, 0.29) is 12.1 Å². The molecule has 0 unspecified atom stereocenters. The monoisotopic (exact) mass is 332 g/mol. The number of nitrogens with zero attached hydrogens (tertiary/aromatic N) is 1. The SMILES string of the molecule is CCc1ccc(NC(=O)N2CCC[C@H](OC3CCC3)C2)cc1OC. The van der Waals surface area contributed by atoms with Crippen molar-refractivity contribution in [3.8, 4) is 5.75 Å². The van der Waals surface area contributed by atoms with Crippen LogP contribution in [0.2, 0.25) is 0 Å². The van der Waals surface area contributed by atoms with Gasteiger partial charge in [0.15, 0.2) is 0 Å². The predicted octanol–water partition coefficient (Wildman–Crippen LogP) is 3.82. The molecule has 1 atom stereocenters. The van der Waals surface area contributed by atoms with Crippen molar-refractivity contribution in [3.63, 3.8) is 0 Å². The summed E-state index contributed by atoms with van der Waals surface area (Å²) >= 11 is 0. The van der Waals surface area contributed by atoms with Gasteiger partial charge in [0.05, 0.1) is 19.3 Å². The molecular formula is C19H28N2O3. The topological polar surface area (TPSA) is 50.8 Å². The van der Waals surface area contributed by atoms with E-state index in [1.165, 1.54) is 19.3 Å². The lowest BCUT2D eigenvalue weighted by atomic mass is 9.95. The van der Waals surface area contributed by atoms with E-state index in [9.17, 15) is 4.79 Å². The maximum atomic E-state index is 12.6. The Labute approximate surface area is 144 Å². The number of nitrogens with one attached hydrogen (secondary N) is 1. The highest BCUT2D eigenvalue weighted by Crippen LogP contribution is 2.27. The van der Waals surface area contributed by atoms with Gasteiger partial charge < -0.3 is 19.7 Å². The highest BCUT2D eigenvalue weighted by Gasteiger charge is 2.28. The molecule has 1 aliphatic heterocycles. The van der Waals surface area contributed by atoms with Crippen molar-refractivity contribution < 1.29 is 14.3 Å². The average molecular weight is 332 g/mol. The van der Waals surface area contributed by atoms with E-state index in [1.807, 2.05) is 23.1 Å². The van der Waals surface area contributed by atoms with Crippen LogP contribution < -0.4 is 10.1 Å². The fraction of sp³-hybridized carbons (Fsp3) is 0.632. The van der Waals surface area contributed by atoms with Crippen molar-refractivity contribution in [2.75, 3.05) is 25.5 Å². The van der Waals surface area contributed by atoms with E-state index in [1.54, 1.807) is 7.11 Å². The first-order valence-electron chi connectivity index (χ1n) is 9.08. The van der Waals surface area contributed by atoms with Crippen LogP contribution in [0.25, 0.3) is 0 Å². The van der Waals surface area contributed by atoms with Gasteiger partial charge in [0.2, 0.25) is 0 Å². The molecule has 0 aromatic heterocycles. The number of carbonyl (C=O) groups is 1. The number of piperidine rings is 1. The first-order valence-corrected chi connectivity index (χ1v) is 9.08. The fourth-order valence-corrected chi connectivity index (χ4v) is 3.33. The van der Waals surface area contributed by atoms with Gasteiger partial charge in [-0.1, -0.05) is 13.0 Å². The second-order valence-corrected chi connectivity index (χ2v) is 6.71. The predicted molar refractivity (Wildman–Crippen MR) is 94.7 cm³/mol. The van der Waals surface area contributed by atoms with E-state index in [4.69, 9.17) is 9.47 Å². The first kappa shape index (κ1) is 17.1. The lowest BCUT2D eigenvalue weighted by molar-refractivity contribution is -0.0714. The molecule has 0 bridgehead atoms. The van der Waals surface area contributed by atoms with Crippen LogP contribution in [-0.4, -0.2) is 43.3 Å². The molecule has 24 heavy (non-hydrogen) atoms. The molecule has 1 heterocycles. The maximum absolute atomic E-state index is 12.6. The molecule has 5 nitrogen and oxygen atoms in total. The highest BCUT2D eigenvalue weighted by molar-refractivity contribution is 5.89. The summed E-state index contributed by atoms with van der Waals surface area (Å²) in [7, 11) is 1.66. The van der Waals surface area contributed by atoms with Gasteiger partial charge in [0.25, 0.3) is 0 Å². The van der Waals surface area contributed by atoms with Crippen LogP contribution in [0.15, 0.2) is 18.2 Å². The van der Waals surface area contributed by atoms with Gasteiger partial charge in [0, 0.05) is 24.8 Å². The van der Waals surface area contributed by atoms with E-state index in [0.717, 1.165) is 42.8 Å². The number of methoxy groups -OCH3 is 1. The Morgan fingerprint density at radius 3 is 2.71 bits per heavy atom. The summed E-state index contributed by atoms with van der Waals surface area (Å²) in [5.41, 5.74) is 1.92. The van der Waals surface area contributed by atoms with Gasteiger partial charge in [-0.2, -0.15) is 0 Å². The Morgan fingerprint density at radius 1 is 1.25 bits per heavy atom. The number of likely N-dealkylation sites (tertiary alicyclic amines) is 1. The first-order chi connectivity index (χ1) is 11.7. The van der Waals surface area contributed by atoms with Crippen LogP contribution >= 0.6 is 0 Å². The van der Waals surface area contributed by atoms with E-state index in [0.29, 0.717) is 12.6 Å². The maximum Gasteiger partial charge on any atom is 0.321 e.